The highest BCUT2D eigenvalue weighted by atomic mass is 16.5. The first-order chi connectivity index (χ1) is 11.7. The molecule has 5 nitrogen and oxygen atoms in total. The van der Waals surface area contributed by atoms with Gasteiger partial charge in [0.15, 0.2) is 0 Å². The van der Waals surface area contributed by atoms with Crippen LogP contribution in [0.4, 0.5) is 5.69 Å². The zero-order chi connectivity index (χ0) is 17.0. The van der Waals surface area contributed by atoms with E-state index in [1.807, 2.05) is 6.07 Å². The minimum Gasteiger partial charge on any atom is -0.496 e. The predicted molar refractivity (Wildman–Crippen MR) is 93.9 cm³/mol. The summed E-state index contributed by atoms with van der Waals surface area (Å²) in [4.78, 5) is 17.6. The van der Waals surface area contributed by atoms with Crippen LogP contribution < -0.4 is 14.4 Å². The summed E-state index contributed by atoms with van der Waals surface area (Å²) in [7, 11) is 3.38. The number of hydrogen-bond donors (Lipinski definition) is 0. The predicted octanol–water partition coefficient (Wildman–Crippen LogP) is 3.80. The van der Waals surface area contributed by atoms with Crippen LogP contribution in [-0.2, 0) is 10.3 Å². The molecule has 1 aromatic rings. The lowest BCUT2D eigenvalue weighted by Crippen LogP contribution is -2.30. The largest absolute Gasteiger partial charge is 0.496 e. The highest BCUT2D eigenvalue weighted by Crippen LogP contribution is 2.49. The quantitative estimate of drug-likeness (QED) is 0.609. The van der Waals surface area contributed by atoms with Gasteiger partial charge in [0, 0.05) is 24.7 Å². The van der Waals surface area contributed by atoms with E-state index in [4.69, 9.17) is 9.47 Å². The Hall–Kier alpha value is -2.00. The Morgan fingerprint density at radius 2 is 1.67 bits per heavy atom. The lowest BCUT2D eigenvalue weighted by atomic mass is 9.87. The zero-order valence-electron chi connectivity index (χ0n) is 14.6. The van der Waals surface area contributed by atoms with Crippen LogP contribution in [0.3, 0.4) is 0 Å². The molecule has 130 valence electrons. The standard InChI is InChI=1S/C19H26N2O3/c1-23-17-13-16(21-10-6-3-7-11-21)18(24-2)12-15(17)19(20-14-22)8-4-5-9-19/h12-13H,3-11H2,1-2H3. The summed E-state index contributed by atoms with van der Waals surface area (Å²) in [6.07, 6.45) is 9.29. The van der Waals surface area contributed by atoms with Gasteiger partial charge in [-0.15, -0.1) is 0 Å². The molecule has 0 unspecified atom stereocenters. The maximum atomic E-state index is 11.0. The molecule has 1 saturated heterocycles. The fourth-order valence-corrected chi connectivity index (χ4v) is 4.12. The second-order valence-electron chi connectivity index (χ2n) is 6.71. The fourth-order valence-electron chi connectivity index (χ4n) is 4.12. The van der Waals surface area contributed by atoms with Gasteiger partial charge in [0.25, 0.3) is 0 Å². The summed E-state index contributed by atoms with van der Waals surface area (Å²) in [5.41, 5.74) is 1.50. The van der Waals surface area contributed by atoms with Crippen molar-refractivity contribution in [2.75, 3.05) is 32.2 Å². The van der Waals surface area contributed by atoms with Crippen LogP contribution in [0.2, 0.25) is 0 Å². The molecule has 1 aliphatic carbocycles. The van der Waals surface area contributed by atoms with Crippen LogP contribution in [0.15, 0.2) is 17.1 Å². The van der Waals surface area contributed by atoms with E-state index in [-0.39, 0.29) is 0 Å². The molecule has 3 rings (SSSR count). The smallest absolute Gasteiger partial charge is 0.235 e. The monoisotopic (exact) mass is 330 g/mol. The van der Waals surface area contributed by atoms with E-state index in [1.54, 1.807) is 20.3 Å². The van der Waals surface area contributed by atoms with E-state index >= 15 is 0 Å². The van der Waals surface area contributed by atoms with E-state index in [2.05, 4.69) is 16.0 Å². The molecule has 24 heavy (non-hydrogen) atoms. The lowest BCUT2D eigenvalue weighted by molar-refractivity contribution is 0.371. The van der Waals surface area contributed by atoms with E-state index < -0.39 is 5.54 Å². The first-order valence-corrected chi connectivity index (χ1v) is 8.84. The van der Waals surface area contributed by atoms with Crippen molar-refractivity contribution in [2.24, 2.45) is 4.99 Å². The highest BCUT2D eigenvalue weighted by molar-refractivity contribution is 5.65. The molecule has 0 radical (unpaired) electrons. The summed E-state index contributed by atoms with van der Waals surface area (Å²) in [5, 5.41) is 0. The highest BCUT2D eigenvalue weighted by Gasteiger charge is 2.39. The number of piperidine rings is 1. The third kappa shape index (κ3) is 3.01. The number of rotatable bonds is 5. The Morgan fingerprint density at radius 3 is 2.25 bits per heavy atom. The summed E-state index contributed by atoms with van der Waals surface area (Å²) in [6, 6.07) is 4.08. The molecular formula is C19H26N2O3. The Morgan fingerprint density at radius 1 is 1.00 bits per heavy atom. The maximum Gasteiger partial charge on any atom is 0.235 e. The molecule has 0 atom stereocenters. The van der Waals surface area contributed by atoms with Gasteiger partial charge in [0.1, 0.15) is 17.0 Å². The minimum absolute atomic E-state index is 0.513. The van der Waals surface area contributed by atoms with Crippen molar-refractivity contribution in [1.82, 2.24) is 0 Å². The van der Waals surface area contributed by atoms with Crippen LogP contribution in [0.5, 0.6) is 11.5 Å². The molecular weight excluding hydrogens is 304 g/mol. The van der Waals surface area contributed by atoms with Crippen molar-refractivity contribution in [3.05, 3.63) is 17.7 Å². The van der Waals surface area contributed by atoms with Crippen LogP contribution in [0, 0.1) is 0 Å². The van der Waals surface area contributed by atoms with Crippen molar-refractivity contribution < 1.29 is 14.3 Å². The molecule has 2 aliphatic rings. The van der Waals surface area contributed by atoms with E-state index in [9.17, 15) is 4.79 Å². The fraction of sp³-hybridized carbons (Fsp3) is 0.632. The number of isocyanates is 1. The molecule has 1 heterocycles. The number of aliphatic imine (C=N–C) groups is 1. The van der Waals surface area contributed by atoms with Crippen molar-refractivity contribution >= 4 is 11.8 Å². The van der Waals surface area contributed by atoms with Gasteiger partial charge in [-0.2, -0.15) is 4.99 Å². The number of carbonyl (C=O) groups excluding carboxylic acids is 1. The Balaban J connectivity index is 2.08. The number of methoxy groups -OCH3 is 2. The molecule has 1 aromatic carbocycles. The number of benzene rings is 1. The van der Waals surface area contributed by atoms with Gasteiger partial charge >= 0.3 is 0 Å². The van der Waals surface area contributed by atoms with E-state index in [1.165, 1.54) is 19.3 Å². The minimum atomic E-state index is -0.513. The number of hydrogen-bond acceptors (Lipinski definition) is 5. The van der Waals surface area contributed by atoms with E-state index in [0.29, 0.717) is 0 Å². The molecule has 5 heteroatoms. The Kier molecular flexibility index (Phi) is 5.10. The normalized spacial score (nSPS) is 19.7. The van der Waals surface area contributed by atoms with Gasteiger partial charge in [-0.3, -0.25) is 0 Å². The Labute approximate surface area is 143 Å². The summed E-state index contributed by atoms with van der Waals surface area (Å²) < 4.78 is 11.4. The molecule has 1 aliphatic heterocycles. The molecule has 1 saturated carbocycles. The van der Waals surface area contributed by atoms with Gasteiger partial charge in [-0.05, 0) is 38.2 Å². The second-order valence-corrected chi connectivity index (χ2v) is 6.71. The topological polar surface area (TPSA) is 51.1 Å². The average Bonchev–Trinajstić information content (AvgIpc) is 3.11. The van der Waals surface area contributed by atoms with Crippen LogP contribution >= 0.6 is 0 Å². The number of anilines is 1. The lowest BCUT2D eigenvalue weighted by Gasteiger charge is -2.32. The van der Waals surface area contributed by atoms with Crippen molar-refractivity contribution in [3.8, 4) is 11.5 Å². The van der Waals surface area contributed by atoms with Gasteiger partial charge in [0.05, 0.1) is 19.9 Å². The summed E-state index contributed by atoms with van der Waals surface area (Å²) in [5.74, 6) is 1.62. The zero-order valence-corrected chi connectivity index (χ0v) is 14.6. The van der Waals surface area contributed by atoms with Crippen molar-refractivity contribution in [1.29, 1.82) is 0 Å². The third-order valence-corrected chi connectivity index (χ3v) is 5.39. The first kappa shape index (κ1) is 16.8. The number of nitrogens with zero attached hydrogens (tertiary/aromatic N) is 2. The van der Waals surface area contributed by atoms with Crippen molar-refractivity contribution in [3.63, 3.8) is 0 Å². The molecule has 0 bridgehead atoms. The van der Waals surface area contributed by atoms with Gasteiger partial charge in [-0.1, -0.05) is 12.8 Å². The average molecular weight is 330 g/mol. The number of ether oxygens (including phenoxy) is 2. The molecule has 0 amide bonds. The van der Waals surface area contributed by atoms with Crippen molar-refractivity contribution in [2.45, 2.75) is 50.5 Å². The van der Waals surface area contributed by atoms with Gasteiger partial charge in [0.2, 0.25) is 6.08 Å². The third-order valence-electron chi connectivity index (χ3n) is 5.39. The van der Waals surface area contributed by atoms with Gasteiger partial charge < -0.3 is 14.4 Å². The summed E-state index contributed by atoms with van der Waals surface area (Å²) in [6.45, 7) is 2.08. The molecule has 0 spiro atoms. The first-order valence-electron chi connectivity index (χ1n) is 8.84. The molecule has 0 N–H and O–H groups in total. The maximum absolute atomic E-state index is 11.0. The van der Waals surface area contributed by atoms with Crippen LogP contribution in [0.1, 0.15) is 50.5 Å². The SMILES string of the molecule is COc1cc(C2(N=C=O)CCCC2)c(OC)cc1N1CCCCC1. The van der Waals surface area contributed by atoms with Crippen LogP contribution in [0.25, 0.3) is 0 Å². The summed E-state index contributed by atoms with van der Waals surface area (Å²) >= 11 is 0. The Bertz CT molecular complexity index is 626. The molecule has 2 fully saturated rings. The van der Waals surface area contributed by atoms with Crippen LogP contribution in [-0.4, -0.2) is 33.4 Å². The van der Waals surface area contributed by atoms with E-state index in [0.717, 1.165) is 61.5 Å². The molecule has 0 aromatic heterocycles. The second kappa shape index (κ2) is 7.27. The van der Waals surface area contributed by atoms with Gasteiger partial charge in [-0.25, -0.2) is 4.79 Å².